The maximum atomic E-state index is 15.2. The molecule has 1 aliphatic heterocycles. The fourth-order valence-electron chi connectivity index (χ4n) is 5.72. The molecule has 2 saturated carbocycles. The molecule has 0 spiro atoms. The highest BCUT2D eigenvalue weighted by Crippen LogP contribution is 2.51. The van der Waals surface area contributed by atoms with Crippen LogP contribution in [0, 0.1) is 23.6 Å². The predicted molar refractivity (Wildman–Crippen MR) is 146 cm³/mol. The summed E-state index contributed by atoms with van der Waals surface area (Å²) in [5.74, 6) is -5.69. The lowest BCUT2D eigenvalue weighted by Gasteiger charge is -2.28. The topological polar surface area (TPSA) is 117 Å². The smallest absolute Gasteiger partial charge is 0.281 e. The molecule has 12 heteroatoms. The number of nitrogens with zero attached hydrogens (tertiary/aromatic N) is 2. The number of hydrogen-bond donors (Lipinski definition) is 4. The second-order valence-electron chi connectivity index (χ2n) is 11.9. The molecule has 3 aliphatic rings. The summed E-state index contributed by atoms with van der Waals surface area (Å²) in [7, 11) is 0. The summed E-state index contributed by atoms with van der Waals surface area (Å²) in [6, 6.07) is 3.33. The van der Waals surface area contributed by atoms with Crippen LogP contribution in [0.4, 0.5) is 18.9 Å². The molecule has 5 rings (SSSR count). The maximum Gasteiger partial charge on any atom is 0.281 e. The van der Waals surface area contributed by atoms with Crippen LogP contribution in [-0.4, -0.2) is 58.6 Å². The van der Waals surface area contributed by atoms with Crippen LogP contribution in [0.2, 0.25) is 0 Å². The summed E-state index contributed by atoms with van der Waals surface area (Å²) in [5.41, 5.74) is 0.541. The van der Waals surface area contributed by atoms with Gasteiger partial charge in [0.2, 0.25) is 11.8 Å². The van der Waals surface area contributed by atoms with Gasteiger partial charge >= 0.3 is 0 Å². The van der Waals surface area contributed by atoms with Crippen molar-refractivity contribution in [2.45, 2.75) is 76.4 Å². The quantitative estimate of drug-likeness (QED) is 0.327. The molecule has 2 aliphatic carbocycles. The first kappa shape index (κ1) is 29.1. The Labute approximate surface area is 237 Å². The van der Waals surface area contributed by atoms with Gasteiger partial charge in [0.15, 0.2) is 0 Å². The zero-order valence-corrected chi connectivity index (χ0v) is 23.4. The number of amides is 3. The number of halogens is 3. The largest absolute Gasteiger partial charge is 0.345 e. The third-order valence-electron chi connectivity index (χ3n) is 8.36. The highest BCUT2D eigenvalue weighted by Gasteiger charge is 2.49. The molecule has 0 radical (unpaired) electrons. The Kier molecular flexibility index (Phi) is 8.13. The summed E-state index contributed by atoms with van der Waals surface area (Å²) in [5, 5.41) is 14.7. The number of carbonyl (C=O) groups excluding carboxylic acids is 3. The third-order valence-corrected chi connectivity index (χ3v) is 8.36. The lowest BCUT2D eigenvalue weighted by molar-refractivity contribution is -0.125. The average Bonchev–Trinajstić information content (AvgIpc) is 3.85. The lowest BCUT2D eigenvalue weighted by Crippen LogP contribution is -2.50. The van der Waals surface area contributed by atoms with Crippen molar-refractivity contribution in [2.75, 3.05) is 18.4 Å². The van der Waals surface area contributed by atoms with E-state index in [-0.39, 0.29) is 29.8 Å². The Morgan fingerprint density at radius 3 is 2.29 bits per heavy atom. The van der Waals surface area contributed by atoms with E-state index in [0.717, 1.165) is 31.7 Å². The Bertz CT molecular complexity index is 1290. The van der Waals surface area contributed by atoms with Gasteiger partial charge in [-0.15, -0.1) is 0 Å². The van der Waals surface area contributed by atoms with E-state index in [0.29, 0.717) is 17.5 Å². The van der Waals surface area contributed by atoms with Gasteiger partial charge in [-0.2, -0.15) is 5.10 Å². The molecule has 1 aromatic heterocycles. The van der Waals surface area contributed by atoms with E-state index < -0.39 is 54.0 Å². The van der Waals surface area contributed by atoms with Crippen LogP contribution in [0.3, 0.4) is 0 Å². The number of anilines is 1. The van der Waals surface area contributed by atoms with Crippen molar-refractivity contribution >= 4 is 23.4 Å². The number of aromatic nitrogens is 2. The molecule has 3 fully saturated rings. The predicted octanol–water partition coefficient (Wildman–Crippen LogP) is 3.60. The molecular formula is C29H37F3N6O3. The van der Waals surface area contributed by atoms with Crippen LogP contribution < -0.4 is 21.3 Å². The van der Waals surface area contributed by atoms with Crippen molar-refractivity contribution in [1.29, 1.82) is 0 Å². The molecular weight excluding hydrogens is 537 g/mol. The normalized spacial score (nSPS) is 21.5. The second-order valence-corrected chi connectivity index (χ2v) is 11.9. The van der Waals surface area contributed by atoms with E-state index >= 15 is 4.39 Å². The minimum atomic E-state index is -3.06. The monoisotopic (exact) mass is 574 g/mol. The van der Waals surface area contributed by atoms with E-state index in [1.807, 2.05) is 13.8 Å². The molecule has 2 heterocycles. The highest BCUT2D eigenvalue weighted by molar-refractivity contribution is 6.01. The number of carbonyl (C=O) groups is 3. The zero-order valence-electron chi connectivity index (χ0n) is 23.4. The standard InChI is InChI=1S/C29H37F3N6O3/c1-15(2)38-22(10-11-34-38)27(40)37-25(24(17-4-5-17)18-6-7-18)28(41)35-21-9-8-19(12-20(21)30)16(3)26(39)36-23-13-33-14-29(23,31)32/h8-12,15-18,23-25,33H,4-7,13-14H2,1-3H3,(H,35,41)(H,36,39)(H,37,40)/t16-,23-,25-/m0/s1. The van der Waals surface area contributed by atoms with Gasteiger partial charge < -0.3 is 21.3 Å². The summed E-state index contributed by atoms with van der Waals surface area (Å²) in [6.07, 6.45) is 5.47. The first-order valence-electron chi connectivity index (χ1n) is 14.3. The van der Waals surface area contributed by atoms with E-state index in [4.69, 9.17) is 0 Å². The zero-order chi connectivity index (χ0) is 29.5. The maximum absolute atomic E-state index is 15.2. The molecule has 0 bridgehead atoms. The number of hydrogen-bond acceptors (Lipinski definition) is 5. The summed E-state index contributed by atoms with van der Waals surface area (Å²) >= 11 is 0. The molecule has 1 aromatic carbocycles. The Balaban J connectivity index is 1.30. The molecule has 2 aromatic rings. The van der Waals surface area contributed by atoms with Crippen molar-refractivity contribution < 1.29 is 27.6 Å². The van der Waals surface area contributed by atoms with Gasteiger partial charge in [-0.25, -0.2) is 13.2 Å². The molecule has 3 amide bonds. The first-order chi connectivity index (χ1) is 19.5. The van der Waals surface area contributed by atoms with Gasteiger partial charge in [-0.1, -0.05) is 6.07 Å². The Hall–Kier alpha value is -3.41. The van der Waals surface area contributed by atoms with Crippen molar-refractivity contribution in [3.8, 4) is 0 Å². The fraction of sp³-hybridized carbons (Fsp3) is 0.586. The molecule has 1 saturated heterocycles. The first-order valence-corrected chi connectivity index (χ1v) is 14.3. The lowest BCUT2D eigenvalue weighted by atomic mass is 9.88. The molecule has 0 unspecified atom stereocenters. The van der Waals surface area contributed by atoms with E-state index in [1.165, 1.54) is 25.3 Å². The average molecular weight is 575 g/mol. The number of rotatable bonds is 11. The van der Waals surface area contributed by atoms with Gasteiger partial charge in [0.05, 0.1) is 18.2 Å². The van der Waals surface area contributed by atoms with Crippen LogP contribution in [0.1, 0.15) is 74.5 Å². The number of alkyl halides is 2. The number of benzene rings is 1. The summed E-state index contributed by atoms with van der Waals surface area (Å²) in [4.78, 5) is 39.5. The molecule has 41 heavy (non-hydrogen) atoms. The van der Waals surface area contributed by atoms with Crippen molar-refractivity contribution in [2.24, 2.45) is 17.8 Å². The molecule has 222 valence electrons. The van der Waals surface area contributed by atoms with Crippen molar-refractivity contribution in [3.63, 3.8) is 0 Å². The van der Waals surface area contributed by atoms with Gasteiger partial charge in [0.25, 0.3) is 11.8 Å². The summed E-state index contributed by atoms with van der Waals surface area (Å²) < 4.78 is 44.6. The SMILES string of the molecule is CC(C)n1nccc1C(=O)N[C@H](C(=O)Nc1ccc([C@H](C)C(=O)N[C@H]2CNCC2(F)F)cc1F)C(C1CC1)C1CC1. The molecule has 3 atom stereocenters. The van der Waals surface area contributed by atoms with E-state index in [2.05, 4.69) is 26.4 Å². The molecule has 4 N–H and O–H groups in total. The second kappa shape index (κ2) is 11.5. The van der Waals surface area contributed by atoms with Crippen LogP contribution in [0.25, 0.3) is 0 Å². The van der Waals surface area contributed by atoms with Gasteiger partial charge in [-0.3, -0.25) is 19.1 Å². The van der Waals surface area contributed by atoms with Crippen LogP contribution in [0.5, 0.6) is 0 Å². The minimum absolute atomic E-state index is 0.0506. The fourth-order valence-corrected chi connectivity index (χ4v) is 5.72. The van der Waals surface area contributed by atoms with Crippen LogP contribution in [0.15, 0.2) is 30.5 Å². The number of nitrogens with one attached hydrogen (secondary N) is 4. The Morgan fingerprint density at radius 2 is 1.73 bits per heavy atom. The highest BCUT2D eigenvalue weighted by atomic mass is 19.3. The Morgan fingerprint density at radius 1 is 1.05 bits per heavy atom. The van der Waals surface area contributed by atoms with Gasteiger partial charge in [0.1, 0.15) is 23.6 Å². The molecule has 9 nitrogen and oxygen atoms in total. The van der Waals surface area contributed by atoms with Gasteiger partial charge in [-0.05, 0) is 88.0 Å². The summed E-state index contributed by atoms with van der Waals surface area (Å²) in [6.45, 7) is 4.75. The van der Waals surface area contributed by atoms with Crippen LogP contribution >= 0.6 is 0 Å². The van der Waals surface area contributed by atoms with Crippen molar-refractivity contribution in [1.82, 2.24) is 25.7 Å². The third kappa shape index (κ3) is 6.42. The van der Waals surface area contributed by atoms with Crippen LogP contribution in [-0.2, 0) is 9.59 Å². The van der Waals surface area contributed by atoms with E-state index in [9.17, 15) is 23.2 Å². The minimum Gasteiger partial charge on any atom is -0.345 e. The van der Waals surface area contributed by atoms with Gasteiger partial charge in [0, 0.05) is 18.8 Å². The van der Waals surface area contributed by atoms with Crippen molar-refractivity contribution in [3.05, 3.63) is 47.5 Å². The van der Waals surface area contributed by atoms with E-state index in [1.54, 1.807) is 10.7 Å².